The first kappa shape index (κ1) is 19.9. The van der Waals surface area contributed by atoms with Gasteiger partial charge in [-0.05, 0) is 13.0 Å². The zero-order valence-electron chi connectivity index (χ0n) is 16.5. The zero-order chi connectivity index (χ0) is 22.2. The number of nitriles is 1. The smallest absolute Gasteiger partial charge is 0.374 e. The third kappa shape index (κ3) is 2.79. The number of ketones is 1. The lowest BCUT2D eigenvalue weighted by Gasteiger charge is -2.34. The summed E-state index contributed by atoms with van der Waals surface area (Å²) in [6.45, 7) is 1.59. The molecule has 2 aromatic carbocycles. The van der Waals surface area contributed by atoms with Crippen molar-refractivity contribution < 1.29 is 23.9 Å². The average Bonchev–Trinajstić information content (AvgIpc) is 3.06. The highest BCUT2D eigenvalue weighted by atomic mass is 16.6. The number of carbonyl (C=O) groups is 3. The van der Waals surface area contributed by atoms with E-state index >= 15 is 0 Å². The highest BCUT2D eigenvalue weighted by Crippen LogP contribution is 2.52. The van der Waals surface area contributed by atoms with Crippen molar-refractivity contribution in [1.82, 2.24) is 0 Å². The molecule has 154 valence electrons. The van der Waals surface area contributed by atoms with Crippen molar-refractivity contribution >= 4 is 23.3 Å². The Balaban J connectivity index is 2.11. The highest BCUT2D eigenvalue weighted by molar-refractivity contribution is 6.24. The number of nitrogens with one attached hydrogen (secondary N) is 1. The van der Waals surface area contributed by atoms with Crippen molar-refractivity contribution in [3.63, 3.8) is 0 Å². The molecule has 2 aromatic rings. The number of ether oxygens (including phenoxy) is 2. The fourth-order valence-electron chi connectivity index (χ4n) is 3.93. The number of esters is 1. The zero-order valence-corrected chi connectivity index (χ0v) is 16.5. The van der Waals surface area contributed by atoms with Gasteiger partial charge in [-0.25, -0.2) is 4.79 Å². The van der Waals surface area contributed by atoms with E-state index in [2.05, 4.69) is 5.32 Å². The summed E-state index contributed by atoms with van der Waals surface area (Å²) in [6.07, 6.45) is 0. The van der Waals surface area contributed by atoms with Gasteiger partial charge in [0.05, 0.1) is 12.2 Å². The van der Waals surface area contributed by atoms with E-state index < -0.39 is 34.7 Å². The summed E-state index contributed by atoms with van der Waals surface area (Å²) in [5, 5.41) is 12.6. The number of para-hydroxylation sites is 1. The molecule has 1 unspecified atom stereocenters. The molecule has 3 N–H and O–H groups in total. The third-order valence-electron chi connectivity index (χ3n) is 5.19. The van der Waals surface area contributed by atoms with Crippen molar-refractivity contribution in [3.8, 4) is 6.07 Å². The van der Waals surface area contributed by atoms with Crippen LogP contribution in [0.1, 0.15) is 22.8 Å². The van der Waals surface area contributed by atoms with Gasteiger partial charge < -0.3 is 20.5 Å². The van der Waals surface area contributed by atoms with E-state index in [0.29, 0.717) is 11.3 Å². The van der Waals surface area contributed by atoms with Crippen LogP contribution in [0.2, 0.25) is 0 Å². The van der Waals surface area contributed by atoms with E-state index in [1.54, 1.807) is 49.4 Å². The van der Waals surface area contributed by atoms with Gasteiger partial charge in [0.25, 0.3) is 0 Å². The number of carbonyl (C=O) groups excluding carboxylic acids is 3. The van der Waals surface area contributed by atoms with E-state index in [4.69, 9.17) is 15.2 Å². The second-order valence-electron chi connectivity index (χ2n) is 6.82. The molecule has 0 aromatic heterocycles. The SMILES string of the molecule is CCOC(=O)C1=C(C(=O)c2ccccc2)C2(C(=O)Nc3ccccc32)C(C#N)=C(N)O1. The molecule has 8 heteroatoms. The molecule has 0 bridgehead atoms. The van der Waals surface area contributed by atoms with Gasteiger partial charge >= 0.3 is 5.97 Å². The van der Waals surface area contributed by atoms with Gasteiger partial charge in [0.2, 0.25) is 17.5 Å². The Morgan fingerprint density at radius 3 is 2.52 bits per heavy atom. The highest BCUT2D eigenvalue weighted by Gasteiger charge is 2.60. The molecule has 2 aliphatic rings. The molecule has 8 nitrogen and oxygen atoms in total. The molecule has 0 saturated heterocycles. The van der Waals surface area contributed by atoms with Crippen molar-refractivity contribution in [2.45, 2.75) is 12.3 Å². The first-order valence-corrected chi connectivity index (χ1v) is 9.47. The van der Waals surface area contributed by atoms with Crippen LogP contribution in [0.5, 0.6) is 0 Å². The first-order chi connectivity index (χ1) is 15.0. The summed E-state index contributed by atoms with van der Waals surface area (Å²) in [6, 6.07) is 16.6. The van der Waals surface area contributed by atoms with Gasteiger partial charge in [0.15, 0.2) is 5.78 Å². The van der Waals surface area contributed by atoms with Crippen LogP contribution < -0.4 is 11.1 Å². The summed E-state index contributed by atoms with van der Waals surface area (Å²) >= 11 is 0. The standard InChI is InChI=1S/C23H17N3O5/c1-2-30-21(28)19-17(18(27)13-8-4-3-5-9-13)23(15(12-24)20(25)31-19)14-10-6-7-11-16(14)26-22(23)29/h3-11H,2,25H2,1H3,(H,26,29). The Kier molecular flexibility index (Phi) is 4.79. The Bertz CT molecular complexity index is 1220. The molecule has 1 amide bonds. The lowest BCUT2D eigenvalue weighted by atomic mass is 9.66. The topological polar surface area (TPSA) is 132 Å². The van der Waals surface area contributed by atoms with Crippen LogP contribution >= 0.6 is 0 Å². The fraction of sp³-hybridized carbons (Fsp3) is 0.130. The van der Waals surface area contributed by atoms with Crippen molar-refractivity contribution in [2.24, 2.45) is 5.73 Å². The third-order valence-corrected chi connectivity index (χ3v) is 5.19. The van der Waals surface area contributed by atoms with Crippen LogP contribution in [0, 0.1) is 11.3 Å². The van der Waals surface area contributed by atoms with Crippen LogP contribution in [0.25, 0.3) is 0 Å². The predicted molar refractivity (Wildman–Crippen MR) is 109 cm³/mol. The Labute approximate surface area is 177 Å². The van der Waals surface area contributed by atoms with Crippen LogP contribution in [0.4, 0.5) is 5.69 Å². The lowest BCUT2D eigenvalue weighted by Crippen LogP contribution is -2.46. The van der Waals surface area contributed by atoms with Gasteiger partial charge in [0.1, 0.15) is 17.1 Å². The number of rotatable bonds is 4. The summed E-state index contributed by atoms with van der Waals surface area (Å²) in [4.78, 5) is 39.9. The minimum Gasteiger partial charge on any atom is -0.460 e. The molecular formula is C23H17N3O5. The maximum absolute atomic E-state index is 13.7. The lowest BCUT2D eigenvalue weighted by molar-refractivity contribution is -0.142. The van der Waals surface area contributed by atoms with Crippen LogP contribution in [0.15, 0.2) is 77.4 Å². The van der Waals surface area contributed by atoms with Gasteiger partial charge in [-0.15, -0.1) is 0 Å². The number of nitrogens with two attached hydrogens (primary N) is 1. The minimum absolute atomic E-state index is 0.00299. The van der Waals surface area contributed by atoms with E-state index in [1.807, 2.05) is 6.07 Å². The summed E-state index contributed by atoms with van der Waals surface area (Å²) in [7, 11) is 0. The van der Waals surface area contributed by atoms with Crippen molar-refractivity contribution in [2.75, 3.05) is 11.9 Å². The van der Waals surface area contributed by atoms with E-state index in [1.165, 1.54) is 12.1 Å². The molecule has 0 aliphatic carbocycles. The monoisotopic (exact) mass is 415 g/mol. The molecule has 2 heterocycles. The number of nitrogens with zero attached hydrogens (tertiary/aromatic N) is 1. The summed E-state index contributed by atoms with van der Waals surface area (Å²) in [5.41, 5.74) is 4.37. The second-order valence-corrected chi connectivity index (χ2v) is 6.82. The molecule has 31 heavy (non-hydrogen) atoms. The van der Waals surface area contributed by atoms with Crippen molar-refractivity contribution in [1.29, 1.82) is 5.26 Å². The van der Waals surface area contributed by atoms with Gasteiger partial charge in [-0.2, -0.15) is 5.26 Å². The fourth-order valence-corrected chi connectivity index (χ4v) is 3.93. The van der Waals surface area contributed by atoms with E-state index in [0.717, 1.165) is 0 Å². The maximum atomic E-state index is 13.7. The quantitative estimate of drug-likeness (QED) is 0.578. The Morgan fingerprint density at radius 1 is 1.16 bits per heavy atom. The predicted octanol–water partition coefficient (Wildman–Crippen LogP) is 2.30. The van der Waals surface area contributed by atoms with Crippen molar-refractivity contribution in [3.05, 3.63) is 88.5 Å². The molecular weight excluding hydrogens is 398 g/mol. The van der Waals surface area contributed by atoms with Crippen LogP contribution in [-0.4, -0.2) is 24.3 Å². The number of fused-ring (bicyclic) bond motifs is 2. The molecule has 0 saturated carbocycles. The molecule has 2 aliphatic heterocycles. The van der Waals surface area contributed by atoms with E-state index in [-0.39, 0.29) is 23.3 Å². The normalized spacial score (nSPS) is 19.4. The summed E-state index contributed by atoms with van der Waals surface area (Å²) < 4.78 is 10.5. The van der Waals surface area contributed by atoms with Crippen LogP contribution in [0.3, 0.4) is 0 Å². The van der Waals surface area contributed by atoms with E-state index in [9.17, 15) is 19.6 Å². The Morgan fingerprint density at radius 2 is 1.84 bits per heavy atom. The number of hydrogen-bond acceptors (Lipinski definition) is 7. The van der Waals surface area contributed by atoms with Crippen LogP contribution in [-0.2, 0) is 24.5 Å². The molecule has 1 atom stereocenters. The molecule has 1 spiro atoms. The van der Waals surface area contributed by atoms with Gasteiger partial charge in [0, 0.05) is 16.8 Å². The number of Topliss-reactive ketones (excluding diaryl/α,β-unsaturated/α-hetero) is 1. The largest absolute Gasteiger partial charge is 0.460 e. The molecule has 0 radical (unpaired) electrons. The molecule has 0 fully saturated rings. The average molecular weight is 415 g/mol. The number of amides is 1. The molecule has 4 rings (SSSR count). The number of hydrogen-bond donors (Lipinski definition) is 2. The summed E-state index contributed by atoms with van der Waals surface area (Å²) in [5.74, 6) is -3.26. The first-order valence-electron chi connectivity index (χ1n) is 9.47. The number of anilines is 1. The second kappa shape index (κ2) is 7.46. The Hall–Kier alpha value is -4.38. The number of benzene rings is 2. The van der Waals surface area contributed by atoms with Gasteiger partial charge in [-0.3, -0.25) is 9.59 Å². The minimum atomic E-state index is -1.96. The maximum Gasteiger partial charge on any atom is 0.374 e. The van der Waals surface area contributed by atoms with Gasteiger partial charge in [-0.1, -0.05) is 48.5 Å².